The Kier molecular flexibility index (Phi) is 3.37. The van der Waals surface area contributed by atoms with Crippen molar-refractivity contribution < 1.29 is 14.6 Å². The van der Waals surface area contributed by atoms with Gasteiger partial charge in [-0.25, -0.2) is 0 Å². The molecule has 20 heavy (non-hydrogen) atoms. The maximum atomic E-state index is 11.5. The van der Waals surface area contributed by atoms with E-state index in [-0.39, 0.29) is 12.0 Å². The predicted molar refractivity (Wildman–Crippen MR) is 75.5 cm³/mol. The first-order valence-electron chi connectivity index (χ1n) is 6.81. The van der Waals surface area contributed by atoms with Gasteiger partial charge in [0.1, 0.15) is 0 Å². The van der Waals surface area contributed by atoms with Crippen LogP contribution in [0.3, 0.4) is 0 Å². The van der Waals surface area contributed by atoms with Crippen LogP contribution >= 0.6 is 0 Å². The van der Waals surface area contributed by atoms with Crippen LogP contribution in [0.1, 0.15) is 12.5 Å². The van der Waals surface area contributed by atoms with Crippen LogP contribution in [0.15, 0.2) is 18.2 Å². The minimum Gasteiger partial charge on any atom is -0.351 e. The molecule has 2 aliphatic rings. The fourth-order valence-corrected chi connectivity index (χ4v) is 2.86. The van der Waals surface area contributed by atoms with E-state index in [1.54, 1.807) is 16.7 Å². The number of amides is 1. The van der Waals surface area contributed by atoms with E-state index in [4.69, 9.17) is 10.5 Å². The minimum atomic E-state index is -0.952. The number of carbonyl (C=O) groups is 1. The minimum absolute atomic E-state index is 0.0595. The quantitative estimate of drug-likeness (QED) is 0.797. The second kappa shape index (κ2) is 5.05. The summed E-state index contributed by atoms with van der Waals surface area (Å²) in [5.74, 6) is 0.0595. The van der Waals surface area contributed by atoms with Crippen molar-refractivity contribution in [3.8, 4) is 0 Å². The van der Waals surface area contributed by atoms with Gasteiger partial charge in [0, 0.05) is 31.4 Å². The molecule has 108 valence electrons. The summed E-state index contributed by atoms with van der Waals surface area (Å²) < 4.78 is 5.35. The number of aliphatic hydroxyl groups excluding tert-OH is 1. The summed E-state index contributed by atoms with van der Waals surface area (Å²) in [6.45, 7) is 3.26. The van der Waals surface area contributed by atoms with Gasteiger partial charge in [0.25, 0.3) is 0 Å². The highest BCUT2D eigenvalue weighted by molar-refractivity contribution is 5.94. The third-order valence-electron chi connectivity index (χ3n) is 3.91. The van der Waals surface area contributed by atoms with Gasteiger partial charge in [0.2, 0.25) is 12.3 Å². The zero-order chi connectivity index (χ0) is 14.3. The third-order valence-corrected chi connectivity index (χ3v) is 3.91. The highest BCUT2D eigenvalue weighted by atomic mass is 16.6. The van der Waals surface area contributed by atoms with E-state index in [9.17, 15) is 9.90 Å². The Bertz CT molecular complexity index is 534. The van der Waals surface area contributed by atoms with E-state index < -0.39 is 6.41 Å². The summed E-state index contributed by atoms with van der Waals surface area (Å²) in [6.07, 6.45) is -0.257. The molecule has 6 nitrogen and oxygen atoms in total. The summed E-state index contributed by atoms with van der Waals surface area (Å²) in [6, 6.07) is 5.86. The second-order valence-corrected chi connectivity index (χ2v) is 5.21. The average molecular weight is 277 g/mol. The topological polar surface area (TPSA) is 79.0 Å². The zero-order valence-corrected chi connectivity index (χ0v) is 11.5. The van der Waals surface area contributed by atoms with Crippen molar-refractivity contribution in [2.24, 2.45) is 5.73 Å². The summed E-state index contributed by atoms with van der Waals surface area (Å²) in [5, 5.41) is 9.92. The molecule has 1 fully saturated rings. The molecule has 2 aliphatic heterocycles. The molecule has 0 aromatic heterocycles. The lowest BCUT2D eigenvalue weighted by Gasteiger charge is -2.22. The Hall–Kier alpha value is -1.63. The van der Waals surface area contributed by atoms with Gasteiger partial charge in [0.05, 0.1) is 12.6 Å². The number of aliphatic hydroxyl groups is 1. The van der Waals surface area contributed by atoms with Crippen LogP contribution in [0.4, 0.5) is 11.4 Å². The normalized spacial score (nSPS) is 25.1. The fourth-order valence-electron chi connectivity index (χ4n) is 2.86. The molecule has 0 saturated carbocycles. The fraction of sp³-hybridized carbons (Fsp3) is 0.500. The molecule has 0 aliphatic carbocycles. The molecule has 1 unspecified atom stereocenters. The van der Waals surface area contributed by atoms with E-state index in [2.05, 4.69) is 0 Å². The zero-order valence-electron chi connectivity index (χ0n) is 11.5. The molecule has 1 saturated heterocycles. The van der Waals surface area contributed by atoms with Crippen molar-refractivity contribution in [3.63, 3.8) is 0 Å². The van der Waals surface area contributed by atoms with E-state index >= 15 is 0 Å². The van der Waals surface area contributed by atoms with Crippen molar-refractivity contribution in [1.82, 2.24) is 0 Å². The van der Waals surface area contributed by atoms with Gasteiger partial charge in [-0.05, 0) is 30.2 Å². The smallest absolute Gasteiger partial charge is 0.238 e. The van der Waals surface area contributed by atoms with Crippen LogP contribution in [0.25, 0.3) is 0 Å². The van der Waals surface area contributed by atoms with Gasteiger partial charge < -0.3 is 25.4 Å². The van der Waals surface area contributed by atoms with Gasteiger partial charge in [-0.15, -0.1) is 0 Å². The molecule has 1 amide bonds. The van der Waals surface area contributed by atoms with E-state index in [0.29, 0.717) is 13.1 Å². The number of hydrogen-bond acceptors (Lipinski definition) is 5. The van der Waals surface area contributed by atoms with Crippen LogP contribution in [0, 0.1) is 0 Å². The Morgan fingerprint density at radius 1 is 1.55 bits per heavy atom. The SMILES string of the molecule is CC(=O)N1CCc2cc(N3C[C@H](CN)OC3O)ccc21. The molecule has 3 N–H and O–H groups in total. The summed E-state index contributed by atoms with van der Waals surface area (Å²) >= 11 is 0. The van der Waals surface area contributed by atoms with E-state index in [1.807, 2.05) is 18.2 Å². The number of nitrogens with two attached hydrogens (primary N) is 1. The van der Waals surface area contributed by atoms with E-state index in [0.717, 1.165) is 29.9 Å². The first-order chi connectivity index (χ1) is 9.60. The van der Waals surface area contributed by atoms with E-state index in [1.165, 1.54) is 0 Å². The first-order valence-corrected chi connectivity index (χ1v) is 6.81. The molecule has 2 atom stereocenters. The number of ether oxygens (including phenoxy) is 1. The molecule has 0 radical (unpaired) electrons. The maximum absolute atomic E-state index is 11.5. The molecule has 6 heteroatoms. The van der Waals surface area contributed by atoms with Gasteiger partial charge in [0.15, 0.2) is 0 Å². The standard InChI is InChI=1S/C14H19N3O3/c1-9(18)16-5-4-10-6-11(2-3-13(10)16)17-8-12(7-15)20-14(17)19/h2-3,6,12,14,19H,4-5,7-8,15H2,1H3/t12-,14?/m0/s1. The number of anilines is 2. The lowest BCUT2D eigenvalue weighted by Crippen LogP contribution is -2.30. The van der Waals surface area contributed by atoms with Crippen LogP contribution in [-0.4, -0.2) is 43.2 Å². The van der Waals surface area contributed by atoms with Crippen molar-refractivity contribution >= 4 is 17.3 Å². The maximum Gasteiger partial charge on any atom is 0.238 e. The summed E-state index contributed by atoms with van der Waals surface area (Å²) in [4.78, 5) is 15.1. The molecule has 1 aromatic rings. The molecular weight excluding hydrogens is 258 g/mol. The number of benzene rings is 1. The Morgan fingerprint density at radius 3 is 3.00 bits per heavy atom. The molecule has 0 bridgehead atoms. The number of hydrogen-bond donors (Lipinski definition) is 2. The van der Waals surface area contributed by atoms with Crippen molar-refractivity contribution in [2.45, 2.75) is 25.9 Å². The number of rotatable bonds is 2. The Labute approximate surface area is 117 Å². The molecular formula is C14H19N3O3. The monoisotopic (exact) mass is 277 g/mol. The molecule has 1 aromatic carbocycles. The summed E-state index contributed by atoms with van der Waals surface area (Å²) in [7, 11) is 0. The highest BCUT2D eigenvalue weighted by Crippen LogP contribution is 2.33. The van der Waals surface area contributed by atoms with Crippen LogP contribution < -0.4 is 15.5 Å². The second-order valence-electron chi connectivity index (χ2n) is 5.21. The first kappa shape index (κ1) is 13.4. The third kappa shape index (κ3) is 2.15. The molecule has 3 rings (SSSR count). The number of nitrogens with zero attached hydrogens (tertiary/aromatic N) is 2. The predicted octanol–water partition coefficient (Wildman–Crippen LogP) is 0.0354. The Balaban J connectivity index is 1.85. The average Bonchev–Trinajstić information content (AvgIpc) is 3.01. The summed E-state index contributed by atoms with van der Waals surface area (Å²) in [5.41, 5.74) is 8.56. The van der Waals surface area contributed by atoms with Gasteiger partial charge in [-0.3, -0.25) is 4.79 Å². The highest BCUT2D eigenvalue weighted by Gasteiger charge is 2.32. The van der Waals surface area contributed by atoms with Gasteiger partial charge in [-0.1, -0.05) is 0 Å². The van der Waals surface area contributed by atoms with Crippen LogP contribution in [0.5, 0.6) is 0 Å². The number of carbonyl (C=O) groups excluding carboxylic acids is 1. The molecule has 2 heterocycles. The Morgan fingerprint density at radius 2 is 2.35 bits per heavy atom. The van der Waals surface area contributed by atoms with Crippen molar-refractivity contribution in [3.05, 3.63) is 23.8 Å². The number of fused-ring (bicyclic) bond motifs is 1. The molecule has 0 spiro atoms. The van der Waals surface area contributed by atoms with Gasteiger partial charge in [-0.2, -0.15) is 0 Å². The van der Waals surface area contributed by atoms with Crippen molar-refractivity contribution in [1.29, 1.82) is 0 Å². The largest absolute Gasteiger partial charge is 0.351 e. The van der Waals surface area contributed by atoms with Crippen LogP contribution in [0.2, 0.25) is 0 Å². The van der Waals surface area contributed by atoms with Gasteiger partial charge >= 0.3 is 0 Å². The lowest BCUT2D eigenvalue weighted by atomic mass is 10.1. The van der Waals surface area contributed by atoms with Crippen LogP contribution in [-0.2, 0) is 16.0 Å². The lowest BCUT2D eigenvalue weighted by molar-refractivity contribution is -0.116. The van der Waals surface area contributed by atoms with Crippen molar-refractivity contribution in [2.75, 3.05) is 29.4 Å².